The van der Waals surface area contributed by atoms with Crippen LogP contribution in [0.3, 0.4) is 0 Å². The third-order valence-corrected chi connectivity index (χ3v) is 4.00. The van der Waals surface area contributed by atoms with Crippen LogP contribution in [0.4, 0.5) is 9.18 Å². The van der Waals surface area contributed by atoms with Crippen molar-refractivity contribution in [2.45, 2.75) is 33.3 Å². The quantitative estimate of drug-likeness (QED) is 0.822. The largest absolute Gasteiger partial charge is 0.444 e. The van der Waals surface area contributed by atoms with Crippen LogP contribution in [0, 0.1) is 12.7 Å². The molecule has 6 heteroatoms. The molecule has 0 spiro atoms. The zero-order chi connectivity index (χ0) is 18.8. The average Bonchev–Trinajstić information content (AvgIpc) is 2.55. The van der Waals surface area contributed by atoms with E-state index in [0.29, 0.717) is 42.9 Å². The molecule has 1 fully saturated rings. The third-order valence-electron chi connectivity index (χ3n) is 4.00. The van der Waals surface area contributed by atoms with Gasteiger partial charge in [-0.3, -0.25) is 4.79 Å². The molecule has 0 unspecified atom stereocenters. The second kappa shape index (κ2) is 7.25. The molecule has 2 amide bonds. The van der Waals surface area contributed by atoms with Crippen LogP contribution >= 0.6 is 0 Å². The summed E-state index contributed by atoms with van der Waals surface area (Å²) in [5.41, 5.74) is 0.825. The van der Waals surface area contributed by atoms with Gasteiger partial charge in [-0.25, -0.2) is 9.18 Å². The molecule has 136 valence electrons. The van der Waals surface area contributed by atoms with E-state index in [1.807, 2.05) is 20.8 Å². The van der Waals surface area contributed by atoms with Gasteiger partial charge in [0.1, 0.15) is 11.4 Å². The van der Waals surface area contributed by atoms with Crippen molar-refractivity contribution in [3.05, 3.63) is 41.2 Å². The second-order valence-corrected chi connectivity index (χ2v) is 7.15. The average molecular weight is 348 g/mol. The third kappa shape index (κ3) is 4.59. The van der Waals surface area contributed by atoms with Crippen LogP contribution in [0.1, 0.15) is 42.3 Å². The van der Waals surface area contributed by atoms with Crippen LogP contribution < -0.4 is 0 Å². The van der Waals surface area contributed by atoms with Crippen LogP contribution in [0.15, 0.2) is 18.7 Å². The van der Waals surface area contributed by atoms with E-state index in [1.54, 1.807) is 28.9 Å². The fourth-order valence-corrected chi connectivity index (χ4v) is 2.65. The van der Waals surface area contributed by atoms with E-state index in [2.05, 4.69) is 6.58 Å². The Morgan fingerprint density at radius 3 is 2.24 bits per heavy atom. The molecule has 0 saturated carbocycles. The van der Waals surface area contributed by atoms with Gasteiger partial charge in [0, 0.05) is 31.7 Å². The summed E-state index contributed by atoms with van der Waals surface area (Å²) in [6.07, 6.45) is 1.17. The highest BCUT2D eigenvalue weighted by atomic mass is 19.1. The van der Waals surface area contributed by atoms with Gasteiger partial charge in [0.2, 0.25) is 0 Å². The highest BCUT2D eigenvalue weighted by Gasteiger charge is 2.28. The minimum Gasteiger partial charge on any atom is -0.444 e. The molecule has 1 aromatic carbocycles. The molecule has 0 aliphatic carbocycles. The van der Waals surface area contributed by atoms with Gasteiger partial charge in [0.15, 0.2) is 0 Å². The van der Waals surface area contributed by atoms with Crippen LogP contribution in [-0.2, 0) is 4.74 Å². The first kappa shape index (κ1) is 19.0. The number of ether oxygens (including phenoxy) is 1. The lowest BCUT2D eigenvalue weighted by atomic mass is 10.0. The number of amides is 2. The topological polar surface area (TPSA) is 49.9 Å². The number of rotatable bonds is 2. The van der Waals surface area contributed by atoms with Gasteiger partial charge >= 0.3 is 6.09 Å². The van der Waals surface area contributed by atoms with Gasteiger partial charge < -0.3 is 14.5 Å². The van der Waals surface area contributed by atoms with Crippen LogP contribution in [-0.4, -0.2) is 53.6 Å². The Morgan fingerprint density at radius 2 is 1.72 bits per heavy atom. The summed E-state index contributed by atoms with van der Waals surface area (Å²) in [6, 6.07) is 2.88. The number of carbonyl (C=O) groups is 2. The predicted octanol–water partition coefficient (Wildman–Crippen LogP) is 3.47. The molecule has 1 aliphatic rings. The number of nitrogens with zero attached hydrogens (tertiary/aromatic N) is 2. The van der Waals surface area contributed by atoms with Crippen molar-refractivity contribution in [3.63, 3.8) is 0 Å². The lowest BCUT2D eigenvalue weighted by molar-refractivity contribution is 0.0141. The van der Waals surface area contributed by atoms with E-state index < -0.39 is 11.4 Å². The first-order valence-corrected chi connectivity index (χ1v) is 8.32. The number of hydrogen-bond donors (Lipinski definition) is 0. The maximum Gasteiger partial charge on any atom is 0.410 e. The highest BCUT2D eigenvalue weighted by molar-refractivity contribution is 5.98. The molecule has 0 aromatic heterocycles. The molecular weight excluding hydrogens is 323 g/mol. The molecular formula is C19H25FN2O3. The molecule has 2 rings (SSSR count). The van der Waals surface area contributed by atoms with Crippen molar-refractivity contribution < 1.29 is 18.7 Å². The lowest BCUT2D eigenvalue weighted by Crippen LogP contribution is -2.51. The highest BCUT2D eigenvalue weighted by Crippen LogP contribution is 2.20. The van der Waals surface area contributed by atoms with Crippen LogP contribution in [0.2, 0.25) is 0 Å². The molecule has 1 aliphatic heterocycles. The van der Waals surface area contributed by atoms with Gasteiger partial charge in [-0.05, 0) is 51.0 Å². The van der Waals surface area contributed by atoms with Gasteiger partial charge in [0.25, 0.3) is 5.91 Å². The smallest absolute Gasteiger partial charge is 0.410 e. The van der Waals surface area contributed by atoms with E-state index in [1.165, 1.54) is 6.07 Å². The Hall–Kier alpha value is -2.37. The maximum absolute atomic E-state index is 13.9. The van der Waals surface area contributed by atoms with Crippen molar-refractivity contribution in [2.75, 3.05) is 26.2 Å². The summed E-state index contributed by atoms with van der Waals surface area (Å²) < 4.78 is 19.2. The fourth-order valence-electron chi connectivity index (χ4n) is 2.65. The molecule has 1 heterocycles. The standard InChI is InChI=1S/C19H25FN2O3/c1-6-14-11-13(2)16(20)12-15(14)17(23)21-7-9-22(10-8-21)18(24)25-19(3,4)5/h6,11-12H,1,7-10H2,2-5H3. The fraction of sp³-hybridized carbons (Fsp3) is 0.474. The molecule has 25 heavy (non-hydrogen) atoms. The van der Waals surface area contributed by atoms with E-state index in [9.17, 15) is 14.0 Å². The number of carbonyl (C=O) groups excluding carboxylic acids is 2. The Morgan fingerprint density at radius 1 is 1.16 bits per heavy atom. The molecule has 5 nitrogen and oxygen atoms in total. The molecule has 0 N–H and O–H groups in total. The summed E-state index contributed by atoms with van der Waals surface area (Å²) in [7, 11) is 0. The van der Waals surface area contributed by atoms with E-state index >= 15 is 0 Å². The molecule has 0 atom stereocenters. The minimum atomic E-state index is -0.553. The van der Waals surface area contributed by atoms with Crippen molar-refractivity contribution in [1.82, 2.24) is 9.80 Å². The number of piperazine rings is 1. The van der Waals surface area contributed by atoms with Gasteiger partial charge in [-0.15, -0.1) is 0 Å². The monoisotopic (exact) mass is 348 g/mol. The number of aryl methyl sites for hydroxylation is 1. The second-order valence-electron chi connectivity index (χ2n) is 7.15. The summed E-state index contributed by atoms with van der Waals surface area (Å²) in [6.45, 7) is 12.3. The first-order chi connectivity index (χ1) is 11.6. The van der Waals surface area contributed by atoms with Crippen molar-refractivity contribution in [2.24, 2.45) is 0 Å². The van der Waals surface area contributed by atoms with E-state index in [-0.39, 0.29) is 12.0 Å². The van der Waals surface area contributed by atoms with Crippen molar-refractivity contribution in [1.29, 1.82) is 0 Å². The normalized spacial score (nSPS) is 15.1. The van der Waals surface area contributed by atoms with Crippen molar-refractivity contribution >= 4 is 18.1 Å². The molecule has 0 radical (unpaired) electrons. The Kier molecular flexibility index (Phi) is 5.50. The summed E-state index contributed by atoms with van der Waals surface area (Å²) in [5.74, 6) is -0.668. The predicted molar refractivity (Wildman–Crippen MR) is 94.9 cm³/mol. The summed E-state index contributed by atoms with van der Waals surface area (Å²) in [4.78, 5) is 28.0. The number of hydrogen-bond acceptors (Lipinski definition) is 3. The number of halogens is 1. The molecule has 1 aromatic rings. The Bertz CT molecular complexity index is 687. The lowest BCUT2D eigenvalue weighted by Gasteiger charge is -2.35. The van der Waals surface area contributed by atoms with Gasteiger partial charge in [-0.1, -0.05) is 12.7 Å². The van der Waals surface area contributed by atoms with Gasteiger partial charge in [0.05, 0.1) is 0 Å². The van der Waals surface area contributed by atoms with Crippen LogP contribution in [0.5, 0.6) is 0 Å². The van der Waals surface area contributed by atoms with E-state index in [0.717, 1.165) is 0 Å². The zero-order valence-electron chi connectivity index (χ0n) is 15.3. The summed E-state index contributed by atoms with van der Waals surface area (Å²) >= 11 is 0. The first-order valence-electron chi connectivity index (χ1n) is 8.32. The summed E-state index contributed by atoms with van der Waals surface area (Å²) in [5, 5.41) is 0. The van der Waals surface area contributed by atoms with Crippen LogP contribution in [0.25, 0.3) is 6.08 Å². The molecule has 0 bridgehead atoms. The van der Waals surface area contributed by atoms with Gasteiger partial charge in [-0.2, -0.15) is 0 Å². The van der Waals surface area contributed by atoms with Crippen molar-refractivity contribution in [3.8, 4) is 0 Å². The zero-order valence-corrected chi connectivity index (χ0v) is 15.3. The Labute approximate surface area is 148 Å². The molecule has 1 saturated heterocycles. The number of benzene rings is 1. The maximum atomic E-state index is 13.9. The Balaban J connectivity index is 2.06. The SMILES string of the molecule is C=Cc1cc(C)c(F)cc1C(=O)N1CCN(C(=O)OC(C)(C)C)CC1. The van der Waals surface area contributed by atoms with E-state index in [4.69, 9.17) is 4.74 Å². The minimum absolute atomic E-state index is 0.252.